The van der Waals surface area contributed by atoms with Gasteiger partial charge in [0.2, 0.25) is 0 Å². The third-order valence-corrected chi connectivity index (χ3v) is 4.25. The summed E-state index contributed by atoms with van der Waals surface area (Å²) in [6, 6.07) is 16.5. The topological polar surface area (TPSA) is 39.9 Å². The molecule has 0 fully saturated rings. The van der Waals surface area contributed by atoms with E-state index >= 15 is 0 Å². The Morgan fingerprint density at radius 1 is 0.917 bits per heavy atom. The molecule has 2 heterocycles. The number of ether oxygens (including phenoxy) is 1. The Kier molecular flexibility index (Phi) is 3.50. The van der Waals surface area contributed by atoms with Crippen molar-refractivity contribution in [1.82, 2.24) is 14.5 Å². The molecule has 0 aliphatic rings. The maximum absolute atomic E-state index is 5.29. The van der Waals surface area contributed by atoms with Crippen molar-refractivity contribution >= 4 is 10.8 Å². The molecule has 0 aliphatic heterocycles. The highest BCUT2D eigenvalue weighted by molar-refractivity contribution is 5.88. The first kappa shape index (κ1) is 14.5. The van der Waals surface area contributed by atoms with Gasteiger partial charge in [0.05, 0.1) is 19.0 Å². The molecule has 0 atom stereocenters. The van der Waals surface area contributed by atoms with Crippen molar-refractivity contribution in [3.63, 3.8) is 0 Å². The summed E-state index contributed by atoms with van der Waals surface area (Å²) < 4.78 is 7.39. The number of aromatic nitrogens is 3. The standard InChI is InChI=1S/C20H17N3O/c1-23-19(13-22-20(23)17-4-3-9-21-12-17)16-6-5-15-11-18(24-2)8-7-14(15)10-16/h3-13H,1-2H3. The van der Waals surface area contributed by atoms with Crippen LogP contribution in [0, 0.1) is 0 Å². The van der Waals surface area contributed by atoms with E-state index in [1.54, 1.807) is 13.3 Å². The largest absolute Gasteiger partial charge is 0.497 e. The number of pyridine rings is 1. The number of imidazole rings is 1. The maximum Gasteiger partial charge on any atom is 0.141 e. The van der Waals surface area contributed by atoms with Gasteiger partial charge in [0.15, 0.2) is 0 Å². The van der Waals surface area contributed by atoms with Gasteiger partial charge in [-0.2, -0.15) is 0 Å². The highest BCUT2D eigenvalue weighted by Gasteiger charge is 2.11. The quantitative estimate of drug-likeness (QED) is 0.565. The summed E-state index contributed by atoms with van der Waals surface area (Å²) in [5, 5.41) is 2.34. The predicted octanol–water partition coefficient (Wildman–Crippen LogP) is 4.31. The van der Waals surface area contributed by atoms with Gasteiger partial charge in [0.25, 0.3) is 0 Å². The van der Waals surface area contributed by atoms with Crippen molar-refractivity contribution in [2.24, 2.45) is 7.05 Å². The van der Waals surface area contributed by atoms with Crippen LogP contribution in [0.3, 0.4) is 0 Å². The molecule has 0 spiro atoms. The zero-order chi connectivity index (χ0) is 16.5. The Morgan fingerprint density at radius 3 is 2.54 bits per heavy atom. The lowest BCUT2D eigenvalue weighted by Gasteiger charge is -2.08. The van der Waals surface area contributed by atoms with Gasteiger partial charge in [0, 0.05) is 30.6 Å². The molecule has 24 heavy (non-hydrogen) atoms. The van der Waals surface area contributed by atoms with Gasteiger partial charge in [-0.15, -0.1) is 0 Å². The summed E-state index contributed by atoms with van der Waals surface area (Å²) in [7, 11) is 3.72. The molecule has 118 valence electrons. The number of hydrogen-bond donors (Lipinski definition) is 0. The Hall–Kier alpha value is -3.14. The number of nitrogens with zero attached hydrogens (tertiary/aromatic N) is 3. The van der Waals surface area contributed by atoms with Crippen LogP contribution in [0.1, 0.15) is 0 Å². The lowest BCUT2D eigenvalue weighted by molar-refractivity contribution is 0.415. The second-order valence-electron chi connectivity index (χ2n) is 5.70. The van der Waals surface area contributed by atoms with E-state index in [-0.39, 0.29) is 0 Å². The Labute approximate surface area is 140 Å². The van der Waals surface area contributed by atoms with Crippen LogP contribution in [-0.4, -0.2) is 21.6 Å². The van der Waals surface area contributed by atoms with Gasteiger partial charge in [-0.3, -0.25) is 4.98 Å². The molecule has 0 bridgehead atoms. The van der Waals surface area contributed by atoms with Gasteiger partial charge >= 0.3 is 0 Å². The summed E-state index contributed by atoms with van der Waals surface area (Å²) in [5.74, 6) is 1.78. The van der Waals surface area contributed by atoms with Gasteiger partial charge < -0.3 is 9.30 Å². The number of fused-ring (bicyclic) bond motifs is 1. The molecule has 4 heteroatoms. The average molecular weight is 315 g/mol. The SMILES string of the molecule is COc1ccc2cc(-c3cnc(-c4cccnc4)n3C)ccc2c1. The molecule has 4 aromatic rings. The van der Waals surface area contributed by atoms with E-state index in [4.69, 9.17) is 4.74 Å². The second-order valence-corrected chi connectivity index (χ2v) is 5.70. The van der Waals surface area contributed by atoms with E-state index in [2.05, 4.69) is 38.8 Å². The van der Waals surface area contributed by atoms with Crippen molar-refractivity contribution in [1.29, 1.82) is 0 Å². The fourth-order valence-corrected chi connectivity index (χ4v) is 2.95. The summed E-state index contributed by atoms with van der Waals surface area (Å²) in [6.07, 6.45) is 5.51. The molecule has 0 saturated carbocycles. The number of methoxy groups -OCH3 is 1. The van der Waals surface area contributed by atoms with Gasteiger partial charge in [0.1, 0.15) is 11.6 Å². The summed E-state index contributed by atoms with van der Waals surface area (Å²) in [5.41, 5.74) is 3.22. The monoisotopic (exact) mass is 315 g/mol. The van der Waals surface area contributed by atoms with Crippen molar-refractivity contribution in [2.75, 3.05) is 7.11 Å². The van der Waals surface area contributed by atoms with Crippen molar-refractivity contribution in [3.05, 3.63) is 67.1 Å². The van der Waals surface area contributed by atoms with E-state index in [1.807, 2.05) is 43.7 Å². The van der Waals surface area contributed by atoms with Crippen LogP contribution in [0.15, 0.2) is 67.1 Å². The Balaban J connectivity index is 1.79. The van der Waals surface area contributed by atoms with Crippen LogP contribution in [-0.2, 0) is 7.05 Å². The molecule has 2 aromatic heterocycles. The normalized spacial score (nSPS) is 10.9. The summed E-state index contributed by atoms with van der Waals surface area (Å²) in [6.45, 7) is 0. The molecule has 4 nitrogen and oxygen atoms in total. The van der Waals surface area contributed by atoms with Crippen molar-refractivity contribution < 1.29 is 4.74 Å². The molecule has 0 N–H and O–H groups in total. The fraction of sp³-hybridized carbons (Fsp3) is 0.100. The lowest BCUT2D eigenvalue weighted by atomic mass is 10.0. The molecule has 4 rings (SSSR count). The maximum atomic E-state index is 5.29. The van der Waals surface area contributed by atoms with Gasteiger partial charge in [-0.1, -0.05) is 18.2 Å². The Morgan fingerprint density at radius 2 is 1.75 bits per heavy atom. The molecule has 0 aliphatic carbocycles. The molecule has 0 saturated heterocycles. The van der Waals surface area contributed by atoms with Crippen LogP contribution >= 0.6 is 0 Å². The molecular formula is C20H17N3O. The second kappa shape index (κ2) is 5.81. The minimum absolute atomic E-state index is 0.870. The van der Waals surface area contributed by atoms with Crippen molar-refractivity contribution in [3.8, 4) is 28.4 Å². The van der Waals surface area contributed by atoms with Crippen LogP contribution in [0.4, 0.5) is 0 Å². The van der Waals surface area contributed by atoms with E-state index < -0.39 is 0 Å². The van der Waals surface area contributed by atoms with Gasteiger partial charge in [-0.25, -0.2) is 4.98 Å². The smallest absolute Gasteiger partial charge is 0.141 e. The van der Waals surface area contributed by atoms with E-state index in [1.165, 1.54) is 5.39 Å². The highest BCUT2D eigenvalue weighted by Crippen LogP contribution is 2.29. The van der Waals surface area contributed by atoms with E-state index in [9.17, 15) is 0 Å². The number of hydrogen-bond acceptors (Lipinski definition) is 3. The zero-order valence-electron chi connectivity index (χ0n) is 13.6. The molecular weight excluding hydrogens is 298 g/mol. The molecule has 0 radical (unpaired) electrons. The van der Waals surface area contributed by atoms with Crippen LogP contribution in [0.25, 0.3) is 33.4 Å². The first-order valence-electron chi connectivity index (χ1n) is 7.76. The zero-order valence-corrected chi connectivity index (χ0v) is 13.6. The first-order chi connectivity index (χ1) is 11.8. The minimum Gasteiger partial charge on any atom is -0.497 e. The number of rotatable bonds is 3. The molecule has 0 unspecified atom stereocenters. The van der Waals surface area contributed by atoms with E-state index in [0.717, 1.165) is 33.8 Å². The fourth-order valence-electron chi connectivity index (χ4n) is 2.95. The summed E-state index contributed by atoms with van der Waals surface area (Å²) >= 11 is 0. The third-order valence-electron chi connectivity index (χ3n) is 4.25. The molecule has 2 aromatic carbocycles. The van der Waals surface area contributed by atoms with Gasteiger partial charge in [-0.05, 0) is 41.1 Å². The van der Waals surface area contributed by atoms with Crippen LogP contribution < -0.4 is 4.74 Å². The van der Waals surface area contributed by atoms with Crippen LogP contribution in [0.5, 0.6) is 5.75 Å². The summed E-state index contributed by atoms with van der Waals surface area (Å²) in [4.78, 5) is 8.75. The third kappa shape index (κ3) is 2.42. The first-order valence-corrected chi connectivity index (χ1v) is 7.76. The lowest BCUT2D eigenvalue weighted by Crippen LogP contribution is -1.95. The minimum atomic E-state index is 0.870. The highest BCUT2D eigenvalue weighted by atomic mass is 16.5. The van der Waals surface area contributed by atoms with Crippen LogP contribution in [0.2, 0.25) is 0 Å². The van der Waals surface area contributed by atoms with E-state index in [0.29, 0.717) is 0 Å². The Bertz CT molecular complexity index is 1010. The average Bonchev–Trinajstić information content (AvgIpc) is 3.03. The predicted molar refractivity (Wildman–Crippen MR) is 95.9 cm³/mol. The van der Waals surface area contributed by atoms with Crippen molar-refractivity contribution in [2.45, 2.75) is 0 Å². The molecule has 0 amide bonds. The number of benzene rings is 2.